The molecule has 0 aliphatic rings. The van der Waals surface area contributed by atoms with Crippen molar-refractivity contribution in [2.24, 2.45) is 0 Å². The molecule has 0 aromatic heterocycles. The first-order valence-corrected chi connectivity index (χ1v) is 12.2. The van der Waals surface area contributed by atoms with Crippen LogP contribution in [0.25, 0.3) is 0 Å². The van der Waals surface area contributed by atoms with Crippen LogP contribution >= 0.6 is 0 Å². The highest BCUT2D eigenvalue weighted by atomic mass is 28.3. The van der Waals surface area contributed by atoms with E-state index in [4.69, 9.17) is 0 Å². The molecule has 25 heavy (non-hydrogen) atoms. The van der Waals surface area contributed by atoms with Gasteiger partial charge in [0.05, 0.1) is 5.56 Å². The van der Waals surface area contributed by atoms with Crippen LogP contribution in [0.15, 0.2) is 12.1 Å². The molecule has 0 aliphatic carbocycles. The maximum atomic E-state index is 14.7. The first kappa shape index (κ1) is 22.0. The van der Waals surface area contributed by atoms with Crippen molar-refractivity contribution in [3.8, 4) is 11.5 Å². The van der Waals surface area contributed by atoms with E-state index in [0.29, 0.717) is 22.2 Å². The van der Waals surface area contributed by atoms with E-state index in [1.807, 2.05) is 6.92 Å². The molecule has 0 spiro atoms. The fourth-order valence-corrected chi connectivity index (χ4v) is 9.51. The van der Waals surface area contributed by atoms with Crippen molar-refractivity contribution in [3.05, 3.63) is 34.6 Å². The zero-order valence-corrected chi connectivity index (χ0v) is 18.6. The average Bonchev–Trinajstić information content (AvgIpc) is 2.49. The lowest BCUT2D eigenvalue weighted by Crippen LogP contribution is -2.43. The molecule has 2 heteroatoms. The summed E-state index contributed by atoms with van der Waals surface area (Å²) in [5, 5.41) is 0. The minimum atomic E-state index is -1.82. The Bertz CT molecular complexity index is 572. The molecule has 0 saturated carbocycles. The van der Waals surface area contributed by atoms with Gasteiger partial charge >= 0.3 is 0 Å². The van der Waals surface area contributed by atoms with E-state index in [1.54, 1.807) is 6.07 Å². The first-order valence-electron chi connectivity index (χ1n) is 9.98. The highest BCUT2D eigenvalue weighted by Gasteiger charge is 2.41. The molecule has 0 nitrogen and oxygen atoms in total. The predicted molar refractivity (Wildman–Crippen MR) is 112 cm³/mol. The van der Waals surface area contributed by atoms with Gasteiger partial charge in [-0.05, 0) is 53.6 Å². The van der Waals surface area contributed by atoms with Crippen LogP contribution in [-0.4, -0.2) is 8.07 Å². The number of rotatable bonds is 7. The van der Waals surface area contributed by atoms with Gasteiger partial charge in [0.2, 0.25) is 0 Å². The molecule has 1 aromatic carbocycles. The molecule has 1 aromatic rings. The van der Waals surface area contributed by atoms with Crippen molar-refractivity contribution < 1.29 is 4.39 Å². The second-order valence-corrected chi connectivity index (χ2v) is 14.0. The fraction of sp³-hybridized carbons (Fsp3) is 0.652. The topological polar surface area (TPSA) is 0 Å². The molecule has 0 unspecified atom stereocenters. The smallest absolute Gasteiger partial charge is 0.146 e. The van der Waals surface area contributed by atoms with Gasteiger partial charge in [-0.1, -0.05) is 73.3 Å². The zero-order valence-electron chi connectivity index (χ0n) is 17.6. The lowest BCUT2D eigenvalue weighted by atomic mass is 10.0. The van der Waals surface area contributed by atoms with Crippen molar-refractivity contribution in [3.63, 3.8) is 0 Å². The van der Waals surface area contributed by atoms with Gasteiger partial charge in [0.15, 0.2) is 0 Å². The second-order valence-electron chi connectivity index (χ2n) is 8.37. The fourth-order valence-electron chi connectivity index (χ4n) is 4.30. The van der Waals surface area contributed by atoms with Crippen LogP contribution in [0.2, 0.25) is 16.6 Å². The Morgan fingerprint density at radius 2 is 1.52 bits per heavy atom. The van der Waals surface area contributed by atoms with E-state index in [-0.39, 0.29) is 5.82 Å². The maximum Gasteiger partial charge on any atom is 0.146 e. The normalized spacial score (nSPS) is 12.0. The van der Waals surface area contributed by atoms with Gasteiger partial charge in [-0.2, -0.15) is 0 Å². The van der Waals surface area contributed by atoms with E-state index in [9.17, 15) is 4.39 Å². The largest absolute Gasteiger partial charge is 0.206 e. The molecule has 0 amide bonds. The summed E-state index contributed by atoms with van der Waals surface area (Å²) in [4.78, 5) is 0. The molecule has 0 saturated heterocycles. The minimum Gasteiger partial charge on any atom is -0.206 e. The summed E-state index contributed by atoms with van der Waals surface area (Å²) >= 11 is 0. The molecule has 0 radical (unpaired) electrons. The Hall–Kier alpha value is -1.07. The number of unbranched alkanes of at least 4 members (excludes halogenated alkanes) is 2. The van der Waals surface area contributed by atoms with Gasteiger partial charge in [0.25, 0.3) is 0 Å². The van der Waals surface area contributed by atoms with E-state index in [1.165, 1.54) is 12.8 Å². The Morgan fingerprint density at radius 1 is 0.960 bits per heavy atom. The molecular weight excluding hydrogens is 323 g/mol. The summed E-state index contributed by atoms with van der Waals surface area (Å²) in [6, 6.07) is 3.84. The van der Waals surface area contributed by atoms with Gasteiger partial charge in [0.1, 0.15) is 13.9 Å². The van der Waals surface area contributed by atoms with Gasteiger partial charge < -0.3 is 0 Å². The van der Waals surface area contributed by atoms with Crippen LogP contribution in [0.4, 0.5) is 4.39 Å². The number of hydrogen-bond acceptors (Lipinski definition) is 0. The molecule has 0 N–H and O–H groups in total. The van der Waals surface area contributed by atoms with E-state index in [0.717, 1.165) is 24.0 Å². The van der Waals surface area contributed by atoms with E-state index < -0.39 is 8.07 Å². The van der Waals surface area contributed by atoms with E-state index >= 15 is 0 Å². The number of halogens is 1. The quantitative estimate of drug-likeness (QED) is 0.269. The summed E-state index contributed by atoms with van der Waals surface area (Å²) in [5.74, 6) is 3.16. The maximum absolute atomic E-state index is 14.7. The Kier molecular flexibility index (Phi) is 8.42. The molecule has 1 rings (SSSR count). The lowest BCUT2D eigenvalue weighted by molar-refractivity contribution is 0.618. The van der Waals surface area contributed by atoms with Gasteiger partial charge in [-0.25, -0.2) is 4.39 Å². The highest BCUT2D eigenvalue weighted by molar-refractivity contribution is 6.90. The average molecular weight is 361 g/mol. The van der Waals surface area contributed by atoms with Crippen LogP contribution in [-0.2, 0) is 6.42 Å². The summed E-state index contributed by atoms with van der Waals surface area (Å²) in [7, 11) is -1.82. The minimum absolute atomic E-state index is 0.141. The third-order valence-corrected chi connectivity index (χ3v) is 12.0. The van der Waals surface area contributed by atoms with E-state index in [2.05, 4.69) is 66.0 Å². The lowest BCUT2D eigenvalue weighted by Gasteiger charge is -2.38. The third kappa shape index (κ3) is 5.20. The van der Waals surface area contributed by atoms with Gasteiger partial charge in [-0.3, -0.25) is 0 Å². The molecule has 0 atom stereocenters. The number of aryl methyl sites for hydroxylation is 2. The van der Waals surface area contributed by atoms with Gasteiger partial charge in [-0.15, -0.1) is 5.54 Å². The van der Waals surface area contributed by atoms with Crippen molar-refractivity contribution in [2.75, 3.05) is 0 Å². The Morgan fingerprint density at radius 3 is 1.96 bits per heavy atom. The molecular formula is C23H37FSi. The highest BCUT2D eigenvalue weighted by Crippen LogP contribution is 2.40. The second kappa shape index (κ2) is 9.58. The van der Waals surface area contributed by atoms with Crippen LogP contribution < -0.4 is 0 Å². The summed E-state index contributed by atoms with van der Waals surface area (Å²) in [6.07, 6.45) is 4.48. The Balaban J connectivity index is 3.24. The van der Waals surface area contributed by atoms with Crippen LogP contribution in [0.5, 0.6) is 0 Å². The van der Waals surface area contributed by atoms with Crippen LogP contribution in [0.3, 0.4) is 0 Å². The monoisotopic (exact) mass is 360 g/mol. The third-order valence-electron chi connectivity index (χ3n) is 5.69. The molecule has 0 fully saturated rings. The number of benzene rings is 1. The zero-order chi connectivity index (χ0) is 19.2. The molecule has 140 valence electrons. The molecule has 0 heterocycles. The Labute approximate surface area is 156 Å². The van der Waals surface area contributed by atoms with Crippen molar-refractivity contribution in [1.29, 1.82) is 0 Å². The molecule has 0 bridgehead atoms. The standard InChI is InChI=1S/C23H37FSi/c1-9-10-11-12-21-15-20(8)22(23(24)16-21)13-14-25(17(2)3,18(4)5)19(6)7/h15-19H,9-12H2,1-8H3. The predicted octanol–water partition coefficient (Wildman–Crippen LogP) is 7.44. The van der Waals surface area contributed by atoms with Crippen LogP contribution in [0, 0.1) is 24.2 Å². The van der Waals surface area contributed by atoms with Crippen molar-refractivity contribution in [1.82, 2.24) is 0 Å². The summed E-state index contributed by atoms with van der Waals surface area (Å²) in [5.41, 5.74) is 8.05. The number of hydrogen-bond donors (Lipinski definition) is 0. The summed E-state index contributed by atoms with van der Waals surface area (Å²) < 4.78 is 14.7. The SMILES string of the molecule is CCCCCc1cc(C)c(C#C[Si](C(C)C)(C(C)C)C(C)C)c(F)c1. The van der Waals surface area contributed by atoms with Crippen molar-refractivity contribution >= 4 is 8.07 Å². The summed E-state index contributed by atoms with van der Waals surface area (Å²) in [6.45, 7) is 17.9. The van der Waals surface area contributed by atoms with Crippen LogP contribution in [0.1, 0.15) is 84.4 Å². The van der Waals surface area contributed by atoms with Crippen molar-refractivity contribution in [2.45, 2.75) is 97.7 Å². The van der Waals surface area contributed by atoms with Gasteiger partial charge in [0, 0.05) is 0 Å². The molecule has 0 aliphatic heterocycles. The first-order chi connectivity index (χ1) is 11.7.